The Hall–Kier alpha value is -3.06. The fraction of sp³-hybridized carbons (Fsp3) is 0.227. The van der Waals surface area contributed by atoms with Crippen LogP contribution in [0.1, 0.15) is 41.5 Å². The van der Waals surface area contributed by atoms with E-state index in [1.165, 1.54) is 11.8 Å². The molecule has 2 amide bonds. The van der Waals surface area contributed by atoms with Crippen molar-refractivity contribution in [1.29, 1.82) is 0 Å². The summed E-state index contributed by atoms with van der Waals surface area (Å²) in [5.74, 6) is 0.851. The second kappa shape index (κ2) is 9.43. The molecule has 150 valence electrons. The van der Waals surface area contributed by atoms with Crippen molar-refractivity contribution in [2.24, 2.45) is 5.73 Å². The summed E-state index contributed by atoms with van der Waals surface area (Å²) in [6.45, 7) is 4.91. The number of nitrogens with two attached hydrogens (primary N) is 1. The minimum atomic E-state index is -0.418. The van der Waals surface area contributed by atoms with Gasteiger partial charge in [0.2, 0.25) is 5.91 Å². The quantitative estimate of drug-likeness (QED) is 0.554. The molecule has 3 aromatic rings. The molecule has 0 unspecified atom stereocenters. The summed E-state index contributed by atoms with van der Waals surface area (Å²) in [6, 6.07) is 14.9. The smallest absolute Gasteiger partial charge is 0.256 e. The Labute approximate surface area is 174 Å². The highest BCUT2D eigenvalue weighted by Gasteiger charge is 2.13. The number of amides is 2. The van der Waals surface area contributed by atoms with Crippen molar-refractivity contribution >= 4 is 29.3 Å². The largest absolute Gasteiger partial charge is 0.369 e. The van der Waals surface area contributed by atoms with Crippen LogP contribution in [0, 0.1) is 0 Å². The molecule has 6 nitrogen and oxygen atoms in total. The summed E-state index contributed by atoms with van der Waals surface area (Å²) in [7, 11) is 0. The molecule has 3 N–H and O–H groups in total. The number of rotatable bonds is 8. The monoisotopic (exact) mass is 408 g/mol. The molecule has 0 spiro atoms. The van der Waals surface area contributed by atoms with E-state index < -0.39 is 5.91 Å². The standard InChI is InChI=1S/C22H24N4O2S/c1-15(2)21-24-10-11-26(21)13-16-6-5-7-17(12-16)25-22(28)18-8-3-4-9-19(18)29-14-20(23)27/h3-12,15H,13-14H2,1-2H3,(H2,23,27)(H,25,28). The van der Waals surface area contributed by atoms with Crippen molar-refractivity contribution < 1.29 is 9.59 Å². The summed E-state index contributed by atoms with van der Waals surface area (Å²) >= 11 is 1.26. The van der Waals surface area contributed by atoms with Crippen molar-refractivity contribution in [1.82, 2.24) is 9.55 Å². The van der Waals surface area contributed by atoms with E-state index in [2.05, 4.69) is 28.7 Å². The van der Waals surface area contributed by atoms with Crippen LogP contribution in [0.25, 0.3) is 0 Å². The van der Waals surface area contributed by atoms with Crippen LogP contribution in [0.15, 0.2) is 65.8 Å². The van der Waals surface area contributed by atoms with E-state index in [9.17, 15) is 9.59 Å². The van der Waals surface area contributed by atoms with Gasteiger partial charge in [0.1, 0.15) is 5.82 Å². The zero-order chi connectivity index (χ0) is 20.8. The third-order valence-electron chi connectivity index (χ3n) is 4.30. The van der Waals surface area contributed by atoms with E-state index in [1.54, 1.807) is 12.1 Å². The number of carbonyl (C=O) groups excluding carboxylic acids is 2. The lowest BCUT2D eigenvalue weighted by Crippen LogP contribution is -2.15. The number of carbonyl (C=O) groups is 2. The number of primary amides is 1. The number of aromatic nitrogens is 2. The fourth-order valence-electron chi connectivity index (χ4n) is 3.03. The van der Waals surface area contributed by atoms with Crippen LogP contribution in [0.4, 0.5) is 5.69 Å². The molecule has 0 saturated heterocycles. The molecule has 2 aromatic carbocycles. The van der Waals surface area contributed by atoms with E-state index in [0.717, 1.165) is 16.3 Å². The lowest BCUT2D eigenvalue weighted by Gasteiger charge is -2.13. The van der Waals surface area contributed by atoms with Crippen molar-refractivity contribution in [2.75, 3.05) is 11.1 Å². The molecular formula is C22H24N4O2S. The van der Waals surface area contributed by atoms with Crippen LogP contribution in [0.3, 0.4) is 0 Å². The maximum absolute atomic E-state index is 12.8. The van der Waals surface area contributed by atoms with Gasteiger partial charge in [-0.3, -0.25) is 9.59 Å². The predicted molar refractivity (Wildman–Crippen MR) is 116 cm³/mol. The molecule has 0 aliphatic rings. The highest BCUT2D eigenvalue weighted by Crippen LogP contribution is 2.24. The van der Waals surface area contributed by atoms with E-state index in [4.69, 9.17) is 5.73 Å². The molecule has 0 aliphatic carbocycles. The topological polar surface area (TPSA) is 90.0 Å². The maximum Gasteiger partial charge on any atom is 0.256 e. The number of benzene rings is 2. The number of hydrogen-bond donors (Lipinski definition) is 2. The van der Waals surface area contributed by atoms with Gasteiger partial charge < -0.3 is 15.6 Å². The molecule has 0 saturated carbocycles. The Balaban J connectivity index is 1.74. The SMILES string of the molecule is CC(C)c1nccn1Cc1cccc(NC(=O)c2ccccc2SCC(N)=O)c1. The molecule has 1 aromatic heterocycles. The van der Waals surface area contributed by atoms with E-state index in [0.29, 0.717) is 23.7 Å². The van der Waals surface area contributed by atoms with Gasteiger partial charge in [0.15, 0.2) is 0 Å². The molecule has 0 bridgehead atoms. The number of nitrogens with zero attached hydrogens (tertiary/aromatic N) is 2. The lowest BCUT2D eigenvalue weighted by molar-refractivity contribution is -0.115. The van der Waals surface area contributed by atoms with Crippen molar-refractivity contribution in [2.45, 2.75) is 31.2 Å². The number of imidazole rings is 1. The van der Waals surface area contributed by atoms with Crippen molar-refractivity contribution in [3.05, 3.63) is 77.9 Å². The van der Waals surface area contributed by atoms with Crippen LogP contribution in [0.2, 0.25) is 0 Å². The third-order valence-corrected chi connectivity index (χ3v) is 5.40. The molecule has 29 heavy (non-hydrogen) atoms. The minimum Gasteiger partial charge on any atom is -0.369 e. The summed E-state index contributed by atoms with van der Waals surface area (Å²) < 4.78 is 2.11. The Bertz CT molecular complexity index is 1010. The molecule has 7 heteroatoms. The third kappa shape index (κ3) is 5.48. The first-order valence-electron chi connectivity index (χ1n) is 9.35. The number of hydrogen-bond acceptors (Lipinski definition) is 4. The van der Waals surface area contributed by atoms with Crippen LogP contribution < -0.4 is 11.1 Å². The van der Waals surface area contributed by atoms with Crippen LogP contribution in [-0.2, 0) is 11.3 Å². The molecule has 0 fully saturated rings. The highest BCUT2D eigenvalue weighted by molar-refractivity contribution is 8.00. The number of anilines is 1. The Morgan fingerprint density at radius 3 is 2.72 bits per heavy atom. The van der Waals surface area contributed by atoms with Gasteiger partial charge in [-0.15, -0.1) is 11.8 Å². The zero-order valence-corrected chi connectivity index (χ0v) is 17.3. The van der Waals surface area contributed by atoms with Gasteiger partial charge in [0.05, 0.1) is 11.3 Å². The van der Waals surface area contributed by atoms with Crippen molar-refractivity contribution in [3.63, 3.8) is 0 Å². The first-order chi connectivity index (χ1) is 13.9. The molecule has 1 heterocycles. The summed E-state index contributed by atoms with van der Waals surface area (Å²) in [4.78, 5) is 29.0. The first kappa shape index (κ1) is 20.7. The molecule has 0 aliphatic heterocycles. The number of thioether (sulfide) groups is 1. The lowest BCUT2D eigenvalue weighted by atomic mass is 10.1. The van der Waals surface area contributed by atoms with Crippen LogP contribution in [-0.4, -0.2) is 27.1 Å². The predicted octanol–water partition coefficient (Wildman–Crippen LogP) is 3.88. The summed E-state index contributed by atoms with van der Waals surface area (Å²) in [6.07, 6.45) is 3.77. The Kier molecular flexibility index (Phi) is 6.72. The van der Waals surface area contributed by atoms with Gasteiger partial charge in [-0.1, -0.05) is 38.1 Å². The van der Waals surface area contributed by atoms with Gasteiger partial charge in [0.25, 0.3) is 5.91 Å². The number of nitrogens with one attached hydrogen (secondary N) is 1. The van der Waals surface area contributed by atoms with Crippen LogP contribution in [0.5, 0.6) is 0 Å². The van der Waals surface area contributed by atoms with Crippen molar-refractivity contribution in [3.8, 4) is 0 Å². The first-order valence-corrected chi connectivity index (χ1v) is 10.3. The zero-order valence-electron chi connectivity index (χ0n) is 16.5. The average molecular weight is 409 g/mol. The van der Waals surface area contributed by atoms with E-state index in [-0.39, 0.29) is 11.7 Å². The van der Waals surface area contributed by atoms with E-state index >= 15 is 0 Å². The normalized spacial score (nSPS) is 10.9. The Morgan fingerprint density at radius 1 is 1.17 bits per heavy atom. The summed E-state index contributed by atoms with van der Waals surface area (Å²) in [5.41, 5.74) is 7.52. The maximum atomic E-state index is 12.8. The summed E-state index contributed by atoms with van der Waals surface area (Å²) in [5, 5.41) is 2.95. The average Bonchev–Trinajstić information content (AvgIpc) is 3.15. The molecule has 0 radical (unpaired) electrons. The Morgan fingerprint density at radius 2 is 1.97 bits per heavy atom. The molecular weight excluding hydrogens is 384 g/mol. The molecule has 3 rings (SSSR count). The van der Waals surface area contributed by atoms with Gasteiger partial charge in [0, 0.05) is 35.4 Å². The second-order valence-corrected chi connectivity index (χ2v) is 7.99. The van der Waals surface area contributed by atoms with Gasteiger partial charge in [-0.2, -0.15) is 0 Å². The molecule has 0 atom stereocenters. The fourth-order valence-corrected chi connectivity index (χ4v) is 3.82. The van der Waals surface area contributed by atoms with E-state index in [1.807, 2.05) is 48.8 Å². The second-order valence-electron chi connectivity index (χ2n) is 6.97. The van der Waals surface area contributed by atoms with Gasteiger partial charge in [-0.05, 0) is 29.8 Å². The highest BCUT2D eigenvalue weighted by atomic mass is 32.2. The van der Waals surface area contributed by atoms with Gasteiger partial charge >= 0.3 is 0 Å². The van der Waals surface area contributed by atoms with Crippen LogP contribution >= 0.6 is 11.8 Å². The van der Waals surface area contributed by atoms with Gasteiger partial charge in [-0.25, -0.2) is 4.98 Å². The minimum absolute atomic E-state index is 0.128.